The Labute approximate surface area is 166 Å². The molecule has 2 aliphatic heterocycles. The minimum atomic E-state index is -0.706. The third-order valence-corrected chi connectivity index (χ3v) is 6.09. The molecule has 3 aromatic rings. The molecule has 0 saturated carbocycles. The number of nitrogens with one attached hydrogen (secondary N) is 2. The standard InChI is InChI=1S/C20H23N5O4/c1-24-14-10-16-12(22-18(29-16)8-11-4-6-21-7-5-11)9-15(14)25(20(24)28)13-2-3-17(26)23-19(13)27/h9-11,13,21H,2-8H2,1H3,(H,23,26,27). The number of hydrogen-bond donors (Lipinski definition) is 2. The van der Waals surface area contributed by atoms with Crippen molar-refractivity contribution < 1.29 is 14.0 Å². The maximum absolute atomic E-state index is 12.8. The van der Waals surface area contributed by atoms with Gasteiger partial charge in [-0.05, 0) is 44.3 Å². The van der Waals surface area contributed by atoms with E-state index >= 15 is 0 Å². The first kappa shape index (κ1) is 18.1. The van der Waals surface area contributed by atoms with Crippen molar-refractivity contribution in [1.29, 1.82) is 0 Å². The number of nitrogens with zero attached hydrogens (tertiary/aromatic N) is 3. The van der Waals surface area contributed by atoms with Crippen LogP contribution in [0.5, 0.6) is 0 Å². The first-order valence-electron chi connectivity index (χ1n) is 10.1. The fourth-order valence-corrected chi connectivity index (χ4v) is 4.48. The Balaban J connectivity index is 1.57. The van der Waals surface area contributed by atoms with E-state index in [1.54, 1.807) is 7.05 Å². The van der Waals surface area contributed by atoms with Gasteiger partial charge in [-0.3, -0.25) is 24.0 Å². The van der Waals surface area contributed by atoms with Crippen LogP contribution in [0.3, 0.4) is 0 Å². The van der Waals surface area contributed by atoms with Crippen LogP contribution in [0.4, 0.5) is 0 Å². The predicted octanol–water partition coefficient (Wildman–Crippen LogP) is 1.00. The summed E-state index contributed by atoms with van der Waals surface area (Å²) in [7, 11) is 1.67. The van der Waals surface area contributed by atoms with Gasteiger partial charge in [0.2, 0.25) is 11.8 Å². The van der Waals surface area contributed by atoms with Gasteiger partial charge in [-0.15, -0.1) is 0 Å². The van der Waals surface area contributed by atoms with Gasteiger partial charge in [0.15, 0.2) is 11.5 Å². The van der Waals surface area contributed by atoms with Crippen molar-refractivity contribution in [1.82, 2.24) is 24.8 Å². The number of aryl methyl sites for hydroxylation is 1. The van der Waals surface area contributed by atoms with Gasteiger partial charge < -0.3 is 9.73 Å². The number of carbonyl (C=O) groups excluding carboxylic acids is 2. The highest BCUT2D eigenvalue weighted by molar-refractivity contribution is 6.00. The smallest absolute Gasteiger partial charge is 0.329 e. The summed E-state index contributed by atoms with van der Waals surface area (Å²) >= 11 is 0. The molecule has 2 aromatic heterocycles. The van der Waals surface area contributed by atoms with Gasteiger partial charge in [0.1, 0.15) is 11.6 Å². The Morgan fingerprint density at radius 2 is 1.93 bits per heavy atom. The Morgan fingerprint density at radius 3 is 2.69 bits per heavy atom. The molecule has 152 valence electrons. The first-order chi connectivity index (χ1) is 14.0. The van der Waals surface area contributed by atoms with Gasteiger partial charge >= 0.3 is 5.69 Å². The number of hydrogen-bond acceptors (Lipinski definition) is 6. The van der Waals surface area contributed by atoms with Crippen LogP contribution in [0.25, 0.3) is 22.1 Å². The zero-order chi connectivity index (χ0) is 20.1. The molecule has 1 unspecified atom stereocenters. The second-order valence-corrected chi connectivity index (χ2v) is 7.99. The zero-order valence-electron chi connectivity index (χ0n) is 16.2. The molecule has 2 N–H and O–H groups in total. The van der Waals surface area contributed by atoms with Gasteiger partial charge in [-0.25, -0.2) is 9.78 Å². The Kier molecular flexibility index (Phi) is 4.27. The quantitative estimate of drug-likeness (QED) is 0.638. The monoisotopic (exact) mass is 397 g/mol. The van der Waals surface area contributed by atoms with E-state index < -0.39 is 11.9 Å². The van der Waals surface area contributed by atoms with Crippen molar-refractivity contribution in [3.05, 3.63) is 28.5 Å². The van der Waals surface area contributed by atoms with Gasteiger partial charge in [-0.2, -0.15) is 0 Å². The molecule has 1 atom stereocenters. The number of aromatic nitrogens is 3. The summed E-state index contributed by atoms with van der Waals surface area (Å²) in [5, 5.41) is 5.69. The second kappa shape index (κ2) is 6.84. The van der Waals surface area contributed by atoms with E-state index in [4.69, 9.17) is 4.42 Å². The first-order valence-corrected chi connectivity index (χ1v) is 10.1. The van der Waals surface area contributed by atoms with Crippen molar-refractivity contribution in [3.8, 4) is 0 Å². The maximum Gasteiger partial charge on any atom is 0.329 e. The largest absolute Gasteiger partial charge is 0.441 e. The van der Waals surface area contributed by atoms with Gasteiger partial charge in [0.25, 0.3) is 0 Å². The lowest BCUT2D eigenvalue weighted by Crippen LogP contribution is -2.44. The van der Waals surface area contributed by atoms with Crippen molar-refractivity contribution in [2.75, 3.05) is 13.1 Å². The third kappa shape index (κ3) is 3.05. The lowest BCUT2D eigenvalue weighted by molar-refractivity contribution is -0.135. The molecule has 5 rings (SSSR count). The molecule has 2 fully saturated rings. The molecule has 0 spiro atoms. The van der Waals surface area contributed by atoms with E-state index in [9.17, 15) is 14.4 Å². The molecule has 2 amide bonds. The van der Waals surface area contributed by atoms with E-state index in [0.717, 1.165) is 32.4 Å². The number of piperidine rings is 2. The number of amides is 2. The maximum atomic E-state index is 12.8. The molecule has 29 heavy (non-hydrogen) atoms. The van der Waals surface area contributed by atoms with Crippen molar-refractivity contribution >= 4 is 33.9 Å². The summed E-state index contributed by atoms with van der Waals surface area (Å²) in [5.41, 5.74) is 2.32. The summed E-state index contributed by atoms with van der Waals surface area (Å²) in [6, 6.07) is 2.92. The minimum absolute atomic E-state index is 0.214. The van der Waals surface area contributed by atoms with Crippen LogP contribution < -0.4 is 16.3 Å². The molecule has 2 aliphatic rings. The average Bonchev–Trinajstić information content (AvgIpc) is 3.20. The number of rotatable bonds is 3. The molecule has 0 radical (unpaired) electrons. The van der Waals surface area contributed by atoms with E-state index in [1.807, 2.05) is 12.1 Å². The molecule has 9 nitrogen and oxygen atoms in total. The molecule has 0 aliphatic carbocycles. The Morgan fingerprint density at radius 1 is 1.14 bits per heavy atom. The Bertz CT molecular complexity index is 1180. The highest BCUT2D eigenvalue weighted by atomic mass is 16.3. The van der Waals surface area contributed by atoms with Crippen LogP contribution in [0.2, 0.25) is 0 Å². The van der Waals surface area contributed by atoms with Gasteiger partial charge in [0.05, 0.1) is 11.0 Å². The lowest BCUT2D eigenvalue weighted by atomic mass is 9.95. The SMILES string of the molecule is Cn1c(=O)n(C2CCC(=O)NC2=O)c2cc3nc(CC4CCNCC4)oc3cc21. The number of oxazole rings is 1. The summed E-state index contributed by atoms with van der Waals surface area (Å²) < 4.78 is 8.96. The van der Waals surface area contributed by atoms with Gasteiger partial charge in [0, 0.05) is 26.0 Å². The summed E-state index contributed by atoms with van der Waals surface area (Å²) in [4.78, 5) is 41.3. The van der Waals surface area contributed by atoms with E-state index in [2.05, 4.69) is 15.6 Å². The van der Waals surface area contributed by atoms with E-state index in [0.29, 0.717) is 40.4 Å². The number of imide groups is 1. The highest BCUT2D eigenvalue weighted by Crippen LogP contribution is 2.28. The normalized spacial score (nSPS) is 21.2. The van der Waals surface area contributed by atoms with Crippen molar-refractivity contribution in [3.63, 3.8) is 0 Å². The molecule has 9 heteroatoms. The molecule has 2 saturated heterocycles. The van der Waals surface area contributed by atoms with E-state index in [-0.39, 0.29) is 18.0 Å². The van der Waals surface area contributed by atoms with Crippen LogP contribution >= 0.6 is 0 Å². The third-order valence-electron chi connectivity index (χ3n) is 6.09. The zero-order valence-corrected chi connectivity index (χ0v) is 16.2. The fraction of sp³-hybridized carbons (Fsp3) is 0.500. The second-order valence-electron chi connectivity index (χ2n) is 7.99. The molecule has 0 bridgehead atoms. The van der Waals surface area contributed by atoms with Crippen LogP contribution in [0.1, 0.15) is 37.6 Å². The number of imidazole rings is 1. The Hall–Kier alpha value is -2.94. The minimum Gasteiger partial charge on any atom is -0.441 e. The highest BCUT2D eigenvalue weighted by Gasteiger charge is 2.31. The van der Waals surface area contributed by atoms with Crippen LogP contribution in [-0.2, 0) is 23.1 Å². The number of fused-ring (bicyclic) bond motifs is 2. The van der Waals surface area contributed by atoms with Gasteiger partial charge in [-0.1, -0.05) is 0 Å². The number of benzene rings is 1. The van der Waals surface area contributed by atoms with Crippen molar-refractivity contribution in [2.45, 2.75) is 38.1 Å². The van der Waals surface area contributed by atoms with E-state index in [1.165, 1.54) is 9.13 Å². The van der Waals surface area contributed by atoms with Crippen LogP contribution in [-0.4, -0.2) is 39.0 Å². The molecule has 1 aromatic carbocycles. The average molecular weight is 397 g/mol. The summed E-state index contributed by atoms with van der Waals surface area (Å²) in [6.45, 7) is 2.04. The molecular weight excluding hydrogens is 374 g/mol. The number of carbonyl (C=O) groups is 2. The van der Waals surface area contributed by atoms with Crippen LogP contribution in [0.15, 0.2) is 21.3 Å². The molecular formula is C20H23N5O4. The fourth-order valence-electron chi connectivity index (χ4n) is 4.48. The van der Waals surface area contributed by atoms with Crippen molar-refractivity contribution in [2.24, 2.45) is 13.0 Å². The summed E-state index contributed by atoms with van der Waals surface area (Å²) in [5.74, 6) is 0.515. The lowest BCUT2D eigenvalue weighted by Gasteiger charge is -2.21. The topological polar surface area (TPSA) is 111 Å². The molecule has 4 heterocycles. The predicted molar refractivity (Wildman–Crippen MR) is 105 cm³/mol. The summed E-state index contributed by atoms with van der Waals surface area (Å²) in [6.07, 6.45) is 3.53. The van der Waals surface area contributed by atoms with Crippen LogP contribution in [0, 0.1) is 5.92 Å².